The Bertz CT molecular complexity index is 399. The first-order valence-electron chi connectivity index (χ1n) is 5.96. The van der Waals surface area contributed by atoms with Gasteiger partial charge in [0.25, 0.3) is 0 Å². The zero-order chi connectivity index (χ0) is 13.3. The minimum Gasteiger partial charge on any atom is -0.481 e. The summed E-state index contributed by atoms with van der Waals surface area (Å²) in [5, 5.41) is 9.20. The van der Waals surface area contributed by atoms with Gasteiger partial charge in [-0.2, -0.15) is 0 Å². The third kappa shape index (κ3) is 3.32. The monoisotopic (exact) mass is 234 g/mol. The molecule has 0 aliphatic heterocycles. The molecular weight excluding hydrogens is 212 g/mol. The van der Waals surface area contributed by atoms with E-state index in [1.54, 1.807) is 13.8 Å². The van der Waals surface area contributed by atoms with Gasteiger partial charge in [-0.1, -0.05) is 43.7 Å². The lowest BCUT2D eigenvalue weighted by Gasteiger charge is -2.32. The van der Waals surface area contributed by atoms with E-state index in [4.69, 9.17) is 0 Å². The smallest absolute Gasteiger partial charge is 0.309 e. The van der Waals surface area contributed by atoms with Gasteiger partial charge < -0.3 is 5.11 Å². The van der Waals surface area contributed by atoms with Crippen LogP contribution in [-0.4, -0.2) is 11.1 Å². The summed E-state index contributed by atoms with van der Waals surface area (Å²) in [5.41, 5.74) is 1.59. The Morgan fingerprint density at radius 3 is 2.00 bits per heavy atom. The maximum atomic E-state index is 11.2. The van der Waals surface area contributed by atoms with E-state index in [-0.39, 0.29) is 5.41 Å². The molecule has 0 amide bonds. The van der Waals surface area contributed by atoms with E-state index >= 15 is 0 Å². The van der Waals surface area contributed by atoms with Crippen LogP contribution < -0.4 is 0 Å². The van der Waals surface area contributed by atoms with Crippen molar-refractivity contribution < 1.29 is 9.90 Å². The quantitative estimate of drug-likeness (QED) is 0.861. The van der Waals surface area contributed by atoms with Crippen LogP contribution in [-0.2, 0) is 10.2 Å². The molecule has 0 aliphatic carbocycles. The molecule has 17 heavy (non-hydrogen) atoms. The molecule has 0 atom stereocenters. The molecule has 0 fully saturated rings. The van der Waals surface area contributed by atoms with Gasteiger partial charge in [0.05, 0.1) is 5.41 Å². The highest BCUT2D eigenvalue weighted by atomic mass is 16.4. The van der Waals surface area contributed by atoms with Gasteiger partial charge in [0.15, 0.2) is 0 Å². The predicted octanol–water partition coefficient (Wildman–Crippen LogP) is 3.77. The fraction of sp³-hybridized carbons (Fsp3) is 0.533. The summed E-state index contributed by atoms with van der Waals surface area (Å²) in [6.07, 6.45) is 0.623. The van der Waals surface area contributed by atoms with Crippen molar-refractivity contribution in [3.05, 3.63) is 35.4 Å². The fourth-order valence-electron chi connectivity index (χ4n) is 2.29. The van der Waals surface area contributed by atoms with E-state index in [9.17, 15) is 9.90 Å². The largest absolute Gasteiger partial charge is 0.481 e. The molecule has 1 aromatic rings. The average Bonchev–Trinajstić information content (AvgIpc) is 2.16. The summed E-state index contributed by atoms with van der Waals surface area (Å²) < 4.78 is 0. The van der Waals surface area contributed by atoms with Gasteiger partial charge in [-0.25, -0.2) is 0 Å². The van der Waals surface area contributed by atoms with Gasteiger partial charge in [-0.15, -0.1) is 0 Å². The zero-order valence-electron chi connectivity index (χ0n) is 11.4. The number of benzene rings is 1. The summed E-state index contributed by atoms with van der Waals surface area (Å²) in [6.45, 7) is 9.82. The third-order valence-electron chi connectivity index (χ3n) is 3.30. The molecule has 0 unspecified atom stereocenters. The van der Waals surface area contributed by atoms with Crippen LogP contribution >= 0.6 is 0 Å². The van der Waals surface area contributed by atoms with Gasteiger partial charge >= 0.3 is 5.97 Å². The Kier molecular flexibility index (Phi) is 3.65. The minimum absolute atomic E-state index is 0.129. The molecule has 1 aromatic carbocycles. The SMILES string of the molecule is Cc1ccc(C(C)(C)CC(C)(C)C(=O)O)cc1. The van der Waals surface area contributed by atoms with Crippen molar-refractivity contribution in [2.45, 2.75) is 46.5 Å². The predicted molar refractivity (Wildman–Crippen MR) is 70.2 cm³/mol. The molecule has 0 aromatic heterocycles. The normalized spacial score (nSPS) is 12.5. The van der Waals surface area contributed by atoms with E-state index < -0.39 is 11.4 Å². The number of aryl methyl sites for hydroxylation is 1. The van der Waals surface area contributed by atoms with Gasteiger partial charge in [-0.05, 0) is 38.2 Å². The van der Waals surface area contributed by atoms with Crippen LogP contribution in [0.25, 0.3) is 0 Å². The maximum Gasteiger partial charge on any atom is 0.309 e. The summed E-state index contributed by atoms with van der Waals surface area (Å²) >= 11 is 0. The third-order valence-corrected chi connectivity index (χ3v) is 3.30. The first-order valence-corrected chi connectivity index (χ1v) is 5.96. The van der Waals surface area contributed by atoms with Gasteiger partial charge in [0.2, 0.25) is 0 Å². The van der Waals surface area contributed by atoms with Crippen LogP contribution in [0.5, 0.6) is 0 Å². The highest BCUT2D eigenvalue weighted by Crippen LogP contribution is 2.36. The molecule has 2 nitrogen and oxygen atoms in total. The molecule has 0 saturated heterocycles. The van der Waals surface area contributed by atoms with E-state index in [1.807, 2.05) is 0 Å². The van der Waals surface area contributed by atoms with Crippen LogP contribution in [0.15, 0.2) is 24.3 Å². The Labute approximate surface area is 104 Å². The number of carboxylic acid groups (broad SMARTS) is 1. The first-order chi connectivity index (χ1) is 7.65. The molecule has 0 aliphatic rings. The lowest BCUT2D eigenvalue weighted by atomic mass is 9.71. The maximum absolute atomic E-state index is 11.2. The number of carbonyl (C=O) groups is 1. The molecular formula is C15H22O2. The Hall–Kier alpha value is -1.31. The van der Waals surface area contributed by atoms with Gasteiger partial charge in [0.1, 0.15) is 0 Å². The zero-order valence-corrected chi connectivity index (χ0v) is 11.4. The van der Waals surface area contributed by atoms with E-state index in [0.717, 1.165) is 0 Å². The van der Waals surface area contributed by atoms with Crippen molar-refractivity contribution in [2.24, 2.45) is 5.41 Å². The molecule has 1 N–H and O–H groups in total. The van der Waals surface area contributed by atoms with Crippen molar-refractivity contribution >= 4 is 5.97 Å². The molecule has 94 valence electrons. The van der Waals surface area contributed by atoms with Gasteiger partial charge in [0, 0.05) is 0 Å². The van der Waals surface area contributed by atoms with Crippen molar-refractivity contribution in [2.75, 3.05) is 0 Å². The molecule has 1 rings (SSSR count). The summed E-state index contributed by atoms with van der Waals surface area (Å²) in [4.78, 5) is 11.2. The van der Waals surface area contributed by atoms with Crippen LogP contribution in [0.2, 0.25) is 0 Å². The lowest BCUT2D eigenvalue weighted by Crippen LogP contribution is -2.32. The average molecular weight is 234 g/mol. The minimum atomic E-state index is -0.738. The summed E-state index contributed by atoms with van der Waals surface area (Å²) in [5.74, 6) is -0.738. The molecule has 0 radical (unpaired) electrons. The van der Waals surface area contributed by atoms with Gasteiger partial charge in [-0.3, -0.25) is 4.79 Å². The second-order valence-electron chi connectivity index (χ2n) is 6.12. The second-order valence-corrected chi connectivity index (χ2v) is 6.12. The fourth-order valence-corrected chi connectivity index (χ4v) is 2.29. The topological polar surface area (TPSA) is 37.3 Å². The molecule has 0 spiro atoms. The van der Waals surface area contributed by atoms with Crippen molar-refractivity contribution in [1.29, 1.82) is 0 Å². The highest BCUT2D eigenvalue weighted by molar-refractivity contribution is 5.73. The van der Waals surface area contributed by atoms with Crippen LogP contribution in [0.1, 0.15) is 45.2 Å². The number of carboxylic acids is 1. The highest BCUT2D eigenvalue weighted by Gasteiger charge is 2.35. The Morgan fingerprint density at radius 2 is 1.59 bits per heavy atom. The van der Waals surface area contributed by atoms with E-state index in [1.165, 1.54) is 11.1 Å². The first kappa shape index (κ1) is 13.8. The van der Waals surface area contributed by atoms with Crippen LogP contribution in [0.4, 0.5) is 0 Å². The van der Waals surface area contributed by atoms with E-state index in [0.29, 0.717) is 6.42 Å². The van der Waals surface area contributed by atoms with Crippen molar-refractivity contribution in [3.63, 3.8) is 0 Å². The lowest BCUT2D eigenvalue weighted by molar-refractivity contribution is -0.148. The molecule has 0 bridgehead atoms. The van der Waals surface area contributed by atoms with Crippen molar-refractivity contribution in [3.8, 4) is 0 Å². The Balaban J connectivity index is 2.96. The number of hydrogen-bond donors (Lipinski definition) is 1. The molecule has 0 heterocycles. The summed E-state index contributed by atoms with van der Waals surface area (Å²) in [6, 6.07) is 8.33. The standard InChI is InChI=1S/C15H22O2/c1-11-6-8-12(9-7-11)14(2,3)10-15(4,5)13(16)17/h6-9H,10H2,1-5H3,(H,16,17). The molecule has 2 heteroatoms. The van der Waals surface area contributed by atoms with E-state index in [2.05, 4.69) is 45.0 Å². The van der Waals surface area contributed by atoms with Crippen LogP contribution in [0, 0.1) is 12.3 Å². The molecule has 0 saturated carbocycles. The second kappa shape index (κ2) is 4.52. The number of rotatable bonds is 4. The Morgan fingerprint density at radius 1 is 1.12 bits per heavy atom. The summed E-state index contributed by atoms with van der Waals surface area (Å²) in [7, 11) is 0. The van der Waals surface area contributed by atoms with Crippen LogP contribution in [0.3, 0.4) is 0 Å². The number of hydrogen-bond acceptors (Lipinski definition) is 1. The van der Waals surface area contributed by atoms with Crippen molar-refractivity contribution in [1.82, 2.24) is 0 Å². The number of aliphatic carboxylic acids is 1.